The summed E-state index contributed by atoms with van der Waals surface area (Å²) in [6.07, 6.45) is -1.83. The molecule has 0 aliphatic carbocycles. The van der Waals surface area contributed by atoms with Crippen molar-refractivity contribution in [1.82, 2.24) is 24.3 Å². The number of ether oxygens (including phenoxy) is 3. The van der Waals surface area contributed by atoms with Crippen LogP contribution < -0.4 is 4.74 Å². The lowest BCUT2D eigenvalue weighted by Crippen LogP contribution is -2.54. The number of aliphatic hydroxyl groups excluding tert-OH is 3. The molecule has 59 heavy (non-hydrogen) atoms. The number of amides is 2. The van der Waals surface area contributed by atoms with Crippen molar-refractivity contribution in [3.05, 3.63) is 99.7 Å². The third-order valence-corrected chi connectivity index (χ3v) is 10.9. The lowest BCUT2D eigenvalue weighted by Gasteiger charge is -2.34. The normalized spacial score (nSPS) is 18.1. The molecule has 4 atom stereocenters. The summed E-state index contributed by atoms with van der Waals surface area (Å²) in [6.45, 7) is 2.63. The summed E-state index contributed by atoms with van der Waals surface area (Å²) in [4.78, 5) is 49.0. The van der Waals surface area contributed by atoms with Gasteiger partial charge in [-0.05, 0) is 66.4 Å². The number of nitro benzene ring substituents is 1. The number of aryl methyl sites for hydroxylation is 1. The summed E-state index contributed by atoms with van der Waals surface area (Å²) in [6, 6.07) is 11.8. The zero-order chi connectivity index (χ0) is 42.9. The number of aliphatic hydroxyl groups is 3. The third-order valence-electron chi connectivity index (χ3n) is 9.89. The van der Waals surface area contributed by atoms with E-state index in [2.05, 4.69) is 9.97 Å². The van der Waals surface area contributed by atoms with Crippen molar-refractivity contribution in [2.24, 2.45) is 0 Å². The van der Waals surface area contributed by atoms with Gasteiger partial charge in [-0.1, -0.05) is 12.1 Å². The van der Waals surface area contributed by atoms with Crippen LogP contribution in [0.15, 0.2) is 72.1 Å². The fraction of sp³-hybridized carbons (Fsp3) is 0.333. The highest BCUT2D eigenvalue weighted by molar-refractivity contribution is 7.90. The van der Waals surface area contributed by atoms with Crippen LogP contribution in [0.3, 0.4) is 0 Å². The number of likely N-dealkylation sites (N-methyl/N-ethyl adjacent to an activating group) is 2. The van der Waals surface area contributed by atoms with Gasteiger partial charge in [-0.2, -0.15) is 0 Å². The molecular formula is C39H41FN6O12S. The Labute approximate surface area is 337 Å². The first kappa shape index (κ1) is 42.5. The number of carbonyl (C=O) groups excluding carboxylic acids is 2. The lowest BCUT2D eigenvalue weighted by atomic mass is 10.0. The molecule has 4 heterocycles. The topological polar surface area (TPSA) is 237 Å². The second kappa shape index (κ2) is 17.0. The molecule has 0 bridgehead atoms. The summed E-state index contributed by atoms with van der Waals surface area (Å²) >= 11 is 0. The number of nitro groups is 1. The molecule has 1 saturated heterocycles. The highest BCUT2D eigenvalue weighted by Crippen LogP contribution is 2.35. The Hall–Kier alpha value is -6.06. The maximum absolute atomic E-state index is 14.8. The van der Waals surface area contributed by atoms with Crippen LogP contribution in [0.4, 0.5) is 19.7 Å². The summed E-state index contributed by atoms with van der Waals surface area (Å²) in [5.41, 5.74) is 3.24. The van der Waals surface area contributed by atoms with Gasteiger partial charge in [0.1, 0.15) is 30.7 Å². The van der Waals surface area contributed by atoms with Crippen LogP contribution in [0, 0.1) is 29.8 Å². The highest BCUT2D eigenvalue weighted by atomic mass is 32.2. The first-order chi connectivity index (χ1) is 27.8. The fourth-order valence-corrected chi connectivity index (χ4v) is 7.03. The monoisotopic (exact) mass is 836 g/mol. The number of pyridine rings is 2. The first-order valence-corrected chi connectivity index (χ1v) is 19.9. The minimum Gasteiger partial charge on any atom is -0.455 e. The van der Waals surface area contributed by atoms with Crippen molar-refractivity contribution in [3.8, 4) is 28.1 Å². The van der Waals surface area contributed by atoms with Crippen LogP contribution >= 0.6 is 0 Å². The predicted molar refractivity (Wildman–Crippen MR) is 209 cm³/mol. The summed E-state index contributed by atoms with van der Waals surface area (Å²) in [5, 5.41) is 42.1. The maximum atomic E-state index is 14.8. The van der Waals surface area contributed by atoms with Crippen LogP contribution in [0.5, 0.6) is 5.75 Å². The van der Waals surface area contributed by atoms with E-state index in [0.29, 0.717) is 38.9 Å². The summed E-state index contributed by atoms with van der Waals surface area (Å²) < 4.78 is 56.3. The molecule has 312 valence electrons. The number of aromatic nitrogens is 3. The van der Waals surface area contributed by atoms with Gasteiger partial charge in [0.05, 0.1) is 28.9 Å². The van der Waals surface area contributed by atoms with Gasteiger partial charge in [0, 0.05) is 68.4 Å². The smallest absolute Gasteiger partial charge is 0.409 e. The molecule has 1 aliphatic rings. The van der Waals surface area contributed by atoms with Gasteiger partial charge < -0.3 is 39.3 Å². The Morgan fingerprint density at radius 2 is 1.73 bits per heavy atom. The maximum Gasteiger partial charge on any atom is 0.409 e. The molecule has 20 heteroatoms. The van der Waals surface area contributed by atoms with Crippen LogP contribution in [0.25, 0.3) is 33.3 Å². The number of carbonyl (C=O) groups is 2. The summed E-state index contributed by atoms with van der Waals surface area (Å²) in [7, 11) is -0.550. The average molecular weight is 837 g/mol. The van der Waals surface area contributed by atoms with Crippen molar-refractivity contribution in [1.29, 1.82) is 0 Å². The van der Waals surface area contributed by atoms with Gasteiger partial charge in [0.15, 0.2) is 20.6 Å². The SMILES string of the molecule is Cc1cc(S(C)(=O)=O)ncc1-c1ccc2c(c1)cc(-c1cncc(F)c1C)n2C(=O)N(C)CCN(C)C(=O)OCc1ccc(O[C@@H]2OC[C@@H](O)[C@H](O)[C@H]2O)c([N+](=O)[O-])c1. The Balaban J connectivity index is 1.16. The molecule has 1 fully saturated rings. The van der Waals surface area contributed by atoms with Gasteiger partial charge in [-0.15, -0.1) is 0 Å². The fourth-order valence-electron chi connectivity index (χ4n) is 6.40. The van der Waals surface area contributed by atoms with Crippen molar-refractivity contribution in [2.45, 2.75) is 50.1 Å². The second-order valence-corrected chi connectivity index (χ2v) is 16.1. The van der Waals surface area contributed by atoms with Crippen LogP contribution in [-0.4, -0.2) is 130 Å². The quantitative estimate of drug-likeness (QED) is 0.127. The molecule has 0 radical (unpaired) electrons. The van der Waals surface area contributed by atoms with E-state index in [1.54, 1.807) is 32.0 Å². The number of rotatable bonds is 11. The summed E-state index contributed by atoms with van der Waals surface area (Å²) in [5.74, 6) is -0.859. The molecule has 18 nitrogen and oxygen atoms in total. The van der Waals surface area contributed by atoms with E-state index in [9.17, 15) is 47.8 Å². The first-order valence-electron chi connectivity index (χ1n) is 18.0. The van der Waals surface area contributed by atoms with E-state index in [0.717, 1.165) is 18.5 Å². The van der Waals surface area contributed by atoms with Gasteiger partial charge in [0.25, 0.3) is 0 Å². The van der Waals surface area contributed by atoms with Gasteiger partial charge in [-0.25, -0.2) is 27.4 Å². The Bertz CT molecular complexity index is 2550. The molecule has 5 aromatic rings. The van der Waals surface area contributed by atoms with Gasteiger partial charge in [0.2, 0.25) is 6.29 Å². The van der Waals surface area contributed by atoms with Gasteiger partial charge >= 0.3 is 17.8 Å². The number of hydrogen-bond donors (Lipinski definition) is 3. The molecule has 2 amide bonds. The molecule has 6 rings (SSSR count). The van der Waals surface area contributed by atoms with Crippen molar-refractivity contribution < 1.29 is 56.9 Å². The van der Waals surface area contributed by atoms with Crippen molar-refractivity contribution in [3.63, 3.8) is 0 Å². The zero-order valence-corrected chi connectivity index (χ0v) is 33.3. The number of benzene rings is 2. The minimum absolute atomic E-state index is 0.00719. The average Bonchev–Trinajstić information content (AvgIpc) is 3.58. The van der Waals surface area contributed by atoms with Crippen LogP contribution in [0.1, 0.15) is 16.7 Å². The second-order valence-electron chi connectivity index (χ2n) is 14.1. The highest BCUT2D eigenvalue weighted by Gasteiger charge is 2.40. The molecule has 0 spiro atoms. The number of fused-ring (bicyclic) bond motifs is 1. The van der Waals surface area contributed by atoms with E-state index in [1.807, 2.05) is 6.07 Å². The molecule has 3 aromatic heterocycles. The molecule has 0 saturated carbocycles. The molecule has 2 aromatic carbocycles. The van der Waals surface area contributed by atoms with E-state index in [-0.39, 0.29) is 48.2 Å². The van der Waals surface area contributed by atoms with Crippen LogP contribution in [0.2, 0.25) is 0 Å². The van der Waals surface area contributed by atoms with E-state index in [1.165, 1.54) is 59.1 Å². The van der Waals surface area contributed by atoms with E-state index >= 15 is 0 Å². The predicted octanol–water partition coefficient (Wildman–Crippen LogP) is 3.82. The number of halogens is 1. The standard InChI is InChI=1S/C39H41FN6O12S/c1-21-12-34(59(5,54)55)42-17-26(21)24-7-8-29-25(14-24)15-30(27-16-41-18-28(40)22(27)2)45(29)38(50)43(3)10-11-44(4)39(51)57-19-23-6-9-33(31(13-23)46(52)53)58-37-36(49)35(48)32(47)20-56-37/h6-9,12-18,32,35-37,47-49H,10-11,19-20H2,1-5H3/t32-,35+,36-,37+/m1/s1. The van der Waals surface area contributed by atoms with E-state index in [4.69, 9.17) is 14.2 Å². The largest absolute Gasteiger partial charge is 0.455 e. The van der Waals surface area contributed by atoms with Gasteiger partial charge in [-0.3, -0.25) is 19.7 Å². The molecule has 0 unspecified atom stereocenters. The Morgan fingerprint density at radius 1 is 1.00 bits per heavy atom. The van der Waals surface area contributed by atoms with Crippen molar-refractivity contribution in [2.75, 3.05) is 40.0 Å². The van der Waals surface area contributed by atoms with E-state index < -0.39 is 63.0 Å². The van der Waals surface area contributed by atoms with Crippen LogP contribution in [-0.2, 0) is 25.9 Å². The zero-order valence-electron chi connectivity index (χ0n) is 32.5. The minimum atomic E-state index is -3.53. The number of nitrogens with zero attached hydrogens (tertiary/aromatic N) is 6. The number of sulfone groups is 1. The molecular weight excluding hydrogens is 796 g/mol. The molecule has 3 N–H and O–H groups in total. The van der Waals surface area contributed by atoms with Crippen molar-refractivity contribution >= 4 is 38.6 Å². The lowest BCUT2D eigenvalue weighted by molar-refractivity contribution is -0.386. The number of hydrogen-bond acceptors (Lipinski definition) is 14. The Kier molecular flexibility index (Phi) is 12.3. The molecule has 1 aliphatic heterocycles. The Morgan fingerprint density at radius 3 is 2.42 bits per heavy atom. The third kappa shape index (κ3) is 9.00.